The van der Waals surface area contributed by atoms with E-state index in [0.29, 0.717) is 51.2 Å². The fourth-order valence-electron chi connectivity index (χ4n) is 12.2. The first-order chi connectivity index (χ1) is 23.6. The maximum Gasteiger partial charge on any atom is 0.323 e. The van der Waals surface area contributed by atoms with E-state index in [1.165, 1.54) is 12.5 Å². The lowest BCUT2D eigenvalue weighted by atomic mass is 9.34. The third kappa shape index (κ3) is 6.71. The quantitative estimate of drug-likeness (QED) is 0.133. The summed E-state index contributed by atoms with van der Waals surface area (Å²) in [6.45, 7) is 18.0. The van der Waals surface area contributed by atoms with Crippen molar-refractivity contribution < 1.29 is 42.1 Å². The summed E-state index contributed by atoms with van der Waals surface area (Å²) in [5.41, 5.74) is 5.49. The molecule has 12 atom stereocenters. The Morgan fingerprint density at radius 1 is 1.04 bits per heavy atom. The molecule has 4 fully saturated rings. The van der Waals surface area contributed by atoms with Crippen LogP contribution < -0.4 is 10.5 Å². The van der Waals surface area contributed by atoms with E-state index in [1.54, 1.807) is 0 Å². The third-order valence-electron chi connectivity index (χ3n) is 15.2. The minimum absolute atomic E-state index is 0.0993. The van der Waals surface area contributed by atoms with E-state index >= 15 is 0 Å². The number of carbonyl (C=O) groups excluding carboxylic acids is 2. The minimum atomic E-state index is -3.29. The molecule has 0 aromatic rings. The van der Waals surface area contributed by atoms with Crippen molar-refractivity contribution in [2.24, 2.45) is 62.4 Å². The summed E-state index contributed by atoms with van der Waals surface area (Å²) < 4.78 is 44.0. The van der Waals surface area contributed by atoms with Gasteiger partial charge < -0.3 is 25.1 Å². The molecule has 0 amide bonds. The van der Waals surface area contributed by atoms with Gasteiger partial charge in [-0.25, -0.2) is 13.1 Å². The van der Waals surface area contributed by atoms with Gasteiger partial charge in [-0.2, -0.15) is 0 Å². The molecule has 290 valence electrons. The van der Waals surface area contributed by atoms with Gasteiger partial charge in [0.25, 0.3) is 0 Å². The van der Waals surface area contributed by atoms with Crippen LogP contribution in [0.15, 0.2) is 11.6 Å². The number of carboxylic acids is 1. The topological polar surface area (TPSA) is 171 Å². The highest BCUT2D eigenvalue weighted by molar-refractivity contribution is 7.88. The van der Waals surface area contributed by atoms with Crippen LogP contribution in [0.4, 0.5) is 0 Å². The molecule has 1 heterocycles. The van der Waals surface area contributed by atoms with Crippen molar-refractivity contribution in [3.05, 3.63) is 11.6 Å². The van der Waals surface area contributed by atoms with Crippen molar-refractivity contribution in [1.82, 2.24) is 4.72 Å². The van der Waals surface area contributed by atoms with Crippen molar-refractivity contribution in [3.8, 4) is 0 Å². The normalized spacial score (nSPS) is 41.6. The number of esters is 2. The van der Waals surface area contributed by atoms with Gasteiger partial charge in [-0.1, -0.05) is 66.5 Å². The molecule has 4 aliphatic carbocycles. The molecule has 5 rings (SSSR count). The second-order valence-corrected chi connectivity index (χ2v) is 20.2. The van der Waals surface area contributed by atoms with Gasteiger partial charge in [-0.3, -0.25) is 14.4 Å². The maximum atomic E-state index is 13.5. The van der Waals surface area contributed by atoms with Crippen LogP contribution in [-0.2, 0) is 38.6 Å². The van der Waals surface area contributed by atoms with E-state index < -0.39 is 68.3 Å². The zero-order valence-corrected chi connectivity index (χ0v) is 33.2. The predicted octanol–water partition coefficient (Wildman–Crippen LogP) is 5.47. The first-order valence-electron chi connectivity index (χ1n) is 19.2. The van der Waals surface area contributed by atoms with Crippen molar-refractivity contribution >= 4 is 27.9 Å². The summed E-state index contributed by atoms with van der Waals surface area (Å²) >= 11 is 0. The molecule has 0 aromatic heterocycles. The summed E-state index contributed by atoms with van der Waals surface area (Å²) in [6, 6.07) is -0.909. The Labute approximate surface area is 305 Å². The molecule has 1 unspecified atom stereocenters. The number of carbonyl (C=O) groups is 3. The number of unbranched alkanes of at least 4 members (excludes halogenated alkanes) is 1. The third-order valence-corrected chi connectivity index (χ3v) is 16.0. The van der Waals surface area contributed by atoms with Gasteiger partial charge in [0.1, 0.15) is 18.2 Å². The molecular weight excluding hydrogens is 673 g/mol. The van der Waals surface area contributed by atoms with Crippen LogP contribution in [0.3, 0.4) is 0 Å². The van der Waals surface area contributed by atoms with Crippen molar-refractivity contribution in [3.63, 3.8) is 0 Å². The van der Waals surface area contributed by atoms with E-state index in [0.717, 1.165) is 31.9 Å². The SMILES string of the molecule is CC(=O)O[C@@H]1C[C@@]23COC[C@@](C)([C@@H]2CC[C@H]2C3=CC[C@@]3(C)[C@H](C(=O)O)[C@@](C)([C@H](C)C(C)C)CC[C@]23C)[C@H]1OC(=O)C(N)CCCCNS(C)(=O)=O. The average molecular weight is 737 g/mol. The number of fused-ring (bicyclic) bond motifs is 3. The molecule has 0 aromatic carbocycles. The van der Waals surface area contributed by atoms with Crippen molar-refractivity contribution in [2.75, 3.05) is 26.0 Å². The number of hydrogen-bond acceptors (Lipinski definition) is 9. The molecule has 11 nitrogen and oxygen atoms in total. The van der Waals surface area contributed by atoms with Crippen LogP contribution in [0.2, 0.25) is 0 Å². The molecule has 3 saturated carbocycles. The summed E-state index contributed by atoms with van der Waals surface area (Å²) in [5.74, 6) is -1.33. The fourth-order valence-corrected chi connectivity index (χ4v) is 12.7. The summed E-state index contributed by atoms with van der Waals surface area (Å²) in [5, 5.41) is 11.0. The maximum absolute atomic E-state index is 13.5. The van der Waals surface area contributed by atoms with Gasteiger partial charge in [0.05, 0.1) is 25.4 Å². The molecule has 0 radical (unpaired) electrons. The molecule has 4 N–H and O–H groups in total. The second kappa shape index (κ2) is 14.0. The Kier molecular flexibility index (Phi) is 11.0. The van der Waals surface area contributed by atoms with Crippen LogP contribution in [-0.4, -0.2) is 75.7 Å². The molecule has 0 spiro atoms. The Hall–Kier alpha value is -2.02. The standard InChI is InChI=1S/C39H64N2O9S/c1-23(2)24(3)35(5)17-18-37(7)26-13-14-30-36(6)21-48-22-39(30,27(26)15-16-38(37,8)31(35)33(43)44)20-29(49-25(4)42)32(36)50-34(45)28(40)12-10-11-19-41-51(9,46)47/h15,23-24,26,28-32,41H,10-14,16-22,40H2,1-9H3,(H,43,44)/t24-,26+,28?,29-,30+,31-,32+,35-,36+,37-,38+,39+/m1/s1. The predicted molar refractivity (Wildman–Crippen MR) is 194 cm³/mol. The molecule has 5 aliphatic rings. The lowest BCUT2D eigenvalue weighted by Gasteiger charge is -2.71. The van der Waals surface area contributed by atoms with Crippen LogP contribution in [0.5, 0.6) is 0 Å². The highest BCUT2D eigenvalue weighted by Crippen LogP contribution is 2.75. The minimum Gasteiger partial charge on any atom is -0.481 e. The first kappa shape index (κ1) is 40.2. The van der Waals surface area contributed by atoms with E-state index in [9.17, 15) is 27.9 Å². The highest BCUT2D eigenvalue weighted by atomic mass is 32.2. The van der Waals surface area contributed by atoms with Gasteiger partial charge in [-0.05, 0) is 91.3 Å². The summed E-state index contributed by atoms with van der Waals surface area (Å²) in [4.78, 5) is 39.5. The smallest absolute Gasteiger partial charge is 0.323 e. The van der Waals surface area contributed by atoms with E-state index in [1.807, 2.05) is 0 Å². The first-order valence-corrected chi connectivity index (χ1v) is 21.1. The lowest BCUT2D eigenvalue weighted by molar-refractivity contribution is -0.263. The fraction of sp³-hybridized carbons (Fsp3) is 0.872. The molecule has 12 heteroatoms. The monoisotopic (exact) mass is 736 g/mol. The van der Waals surface area contributed by atoms with Crippen LogP contribution in [0.25, 0.3) is 0 Å². The molecule has 51 heavy (non-hydrogen) atoms. The number of allylic oxidation sites excluding steroid dienone is 1. The van der Waals surface area contributed by atoms with Crippen molar-refractivity contribution in [1.29, 1.82) is 0 Å². The van der Waals surface area contributed by atoms with Crippen LogP contribution in [0, 0.1) is 56.7 Å². The second-order valence-electron chi connectivity index (χ2n) is 18.3. The number of rotatable bonds is 12. The number of nitrogens with one attached hydrogen (secondary N) is 1. The van der Waals surface area contributed by atoms with Gasteiger partial charge in [0, 0.05) is 24.3 Å². The number of sulfonamides is 1. The van der Waals surface area contributed by atoms with Gasteiger partial charge >= 0.3 is 17.9 Å². The van der Waals surface area contributed by atoms with Crippen LogP contribution in [0.1, 0.15) is 113 Å². The van der Waals surface area contributed by atoms with Gasteiger partial charge in [0.2, 0.25) is 10.0 Å². The molecule has 1 saturated heterocycles. The highest BCUT2D eigenvalue weighted by Gasteiger charge is 2.72. The average Bonchev–Trinajstić information content (AvgIpc) is 3.01. The Morgan fingerprint density at radius 3 is 2.33 bits per heavy atom. The Morgan fingerprint density at radius 2 is 1.73 bits per heavy atom. The molecule has 1 aliphatic heterocycles. The lowest BCUT2D eigenvalue weighted by Crippen LogP contribution is -2.70. The number of nitrogens with two attached hydrogens (primary N) is 1. The molecular formula is C39H64N2O9S. The number of carboxylic acid groups (broad SMARTS) is 1. The zero-order chi connectivity index (χ0) is 37.9. The number of ether oxygens (including phenoxy) is 3. The van der Waals surface area contributed by atoms with E-state index in [2.05, 4.69) is 59.3 Å². The summed E-state index contributed by atoms with van der Waals surface area (Å²) in [6.07, 6.45) is 8.07. The Bertz CT molecular complexity index is 1510. The number of aliphatic carboxylic acids is 1. The molecule has 2 bridgehead atoms. The van der Waals surface area contributed by atoms with Gasteiger partial charge in [0.15, 0.2) is 0 Å². The summed E-state index contributed by atoms with van der Waals surface area (Å²) in [7, 11) is -3.29. The van der Waals surface area contributed by atoms with E-state index in [4.69, 9.17) is 19.9 Å². The zero-order valence-electron chi connectivity index (χ0n) is 32.4. The largest absolute Gasteiger partial charge is 0.481 e. The Balaban J connectivity index is 1.45. The van der Waals surface area contributed by atoms with Crippen LogP contribution >= 0.6 is 0 Å². The van der Waals surface area contributed by atoms with Gasteiger partial charge in [-0.15, -0.1) is 0 Å². The van der Waals surface area contributed by atoms with E-state index in [-0.39, 0.29) is 35.1 Å². The number of hydrogen-bond donors (Lipinski definition) is 3. The van der Waals surface area contributed by atoms with Crippen molar-refractivity contribution in [2.45, 2.75) is 131 Å².